The second-order valence-corrected chi connectivity index (χ2v) is 4.47. The summed E-state index contributed by atoms with van der Waals surface area (Å²) in [6, 6.07) is 0.388. The fraction of sp³-hybridized carbons (Fsp3) is 0.750. The minimum absolute atomic E-state index is 0.388. The van der Waals surface area contributed by atoms with E-state index < -0.39 is 0 Å². The molecule has 86 valence electrons. The van der Waals surface area contributed by atoms with Crippen LogP contribution in [0.15, 0.2) is 6.20 Å². The van der Waals surface area contributed by atoms with Gasteiger partial charge in [0.25, 0.3) is 0 Å². The lowest BCUT2D eigenvalue weighted by molar-refractivity contribution is 0.549. The van der Waals surface area contributed by atoms with Gasteiger partial charge in [-0.1, -0.05) is 13.8 Å². The molecule has 0 aliphatic carbocycles. The fourth-order valence-electron chi connectivity index (χ4n) is 1.82. The highest BCUT2D eigenvalue weighted by atomic mass is 15.3. The van der Waals surface area contributed by atoms with E-state index in [2.05, 4.69) is 42.8 Å². The third kappa shape index (κ3) is 2.81. The molecule has 1 rings (SSSR count). The predicted molar refractivity (Wildman–Crippen MR) is 63.9 cm³/mol. The zero-order valence-corrected chi connectivity index (χ0v) is 10.5. The molecular formula is C12H23N3. The molecule has 0 bridgehead atoms. The lowest BCUT2D eigenvalue weighted by Crippen LogP contribution is -2.15. The average molecular weight is 209 g/mol. The highest BCUT2D eigenvalue weighted by Crippen LogP contribution is 2.20. The molecule has 1 aromatic rings. The Morgan fingerprint density at radius 1 is 1.40 bits per heavy atom. The summed E-state index contributed by atoms with van der Waals surface area (Å²) < 4.78 is 2.11. The minimum atomic E-state index is 0.388. The summed E-state index contributed by atoms with van der Waals surface area (Å²) in [5, 5.41) is 7.71. The Balaban J connectivity index is 2.99. The van der Waals surface area contributed by atoms with Gasteiger partial charge in [-0.25, -0.2) is 0 Å². The molecule has 0 aliphatic heterocycles. The predicted octanol–water partition coefficient (Wildman–Crippen LogP) is 2.38. The largest absolute Gasteiger partial charge is 0.313 e. The number of rotatable bonds is 5. The number of nitrogens with one attached hydrogen (secondary N) is 1. The molecule has 0 saturated heterocycles. The van der Waals surface area contributed by atoms with Crippen molar-refractivity contribution in [2.45, 2.75) is 46.7 Å². The third-order valence-electron chi connectivity index (χ3n) is 2.78. The summed E-state index contributed by atoms with van der Waals surface area (Å²) in [6.07, 6.45) is 3.11. The van der Waals surface area contributed by atoms with Crippen LogP contribution in [0.1, 0.15) is 45.0 Å². The molecule has 0 saturated carbocycles. The molecule has 1 N–H and O–H groups in total. The topological polar surface area (TPSA) is 29.9 Å². The van der Waals surface area contributed by atoms with Crippen LogP contribution in [0.25, 0.3) is 0 Å². The molecule has 1 aromatic heterocycles. The van der Waals surface area contributed by atoms with Crippen LogP contribution in [0, 0.1) is 5.92 Å². The van der Waals surface area contributed by atoms with Crippen LogP contribution in [0.2, 0.25) is 0 Å². The molecule has 3 nitrogen and oxygen atoms in total. The minimum Gasteiger partial charge on any atom is -0.313 e. The van der Waals surface area contributed by atoms with E-state index in [1.807, 2.05) is 13.2 Å². The first-order chi connectivity index (χ1) is 7.10. The van der Waals surface area contributed by atoms with Crippen LogP contribution in [0.3, 0.4) is 0 Å². The normalized spacial score (nSPS) is 13.5. The zero-order valence-electron chi connectivity index (χ0n) is 10.5. The van der Waals surface area contributed by atoms with Gasteiger partial charge in [0, 0.05) is 23.8 Å². The summed E-state index contributed by atoms with van der Waals surface area (Å²) in [5.74, 6) is 0.676. The highest BCUT2D eigenvalue weighted by Gasteiger charge is 2.15. The number of aryl methyl sites for hydroxylation is 1. The number of hydrogen-bond donors (Lipinski definition) is 1. The Bertz CT molecular complexity index is 302. The number of hydrogen-bond acceptors (Lipinski definition) is 2. The van der Waals surface area contributed by atoms with Crippen LogP contribution < -0.4 is 5.32 Å². The van der Waals surface area contributed by atoms with Crippen molar-refractivity contribution in [3.63, 3.8) is 0 Å². The fourth-order valence-corrected chi connectivity index (χ4v) is 1.82. The number of aromatic nitrogens is 2. The Hall–Kier alpha value is -0.830. The first-order valence-electron chi connectivity index (χ1n) is 5.82. The number of nitrogens with zero attached hydrogens (tertiary/aromatic N) is 2. The molecule has 15 heavy (non-hydrogen) atoms. The van der Waals surface area contributed by atoms with Crippen molar-refractivity contribution in [1.29, 1.82) is 0 Å². The van der Waals surface area contributed by atoms with Crippen molar-refractivity contribution in [2.24, 2.45) is 5.92 Å². The molecule has 1 unspecified atom stereocenters. The first-order valence-corrected chi connectivity index (χ1v) is 5.82. The van der Waals surface area contributed by atoms with Gasteiger partial charge in [-0.05, 0) is 33.2 Å². The van der Waals surface area contributed by atoms with E-state index in [4.69, 9.17) is 0 Å². The summed E-state index contributed by atoms with van der Waals surface area (Å²) >= 11 is 0. The van der Waals surface area contributed by atoms with Gasteiger partial charge in [0.15, 0.2) is 0 Å². The molecule has 0 fully saturated rings. The third-order valence-corrected chi connectivity index (χ3v) is 2.78. The van der Waals surface area contributed by atoms with Crippen molar-refractivity contribution in [3.8, 4) is 0 Å². The molecule has 3 heteroatoms. The molecule has 0 spiro atoms. The van der Waals surface area contributed by atoms with Crippen LogP contribution in [-0.4, -0.2) is 16.8 Å². The molecule has 0 radical (unpaired) electrons. The first kappa shape index (κ1) is 12.2. The Morgan fingerprint density at radius 3 is 2.53 bits per heavy atom. The van der Waals surface area contributed by atoms with Gasteiger partial charge in [0.2, 0.25) is 0 Å². The average Bonchev–Trinajstić information content (AvgIpc) is 2.59. The van der Waals surface area contributed by atoms with Gasteiger partial charge >= 0.3 is 0 Å². The summed E-state index contributed by atoms with van der Waals surface area (Å²) in [7, 11) is 1.99. The molecule has 0 amide bonds. The maximum atomic E-state index is 4.43. The second-order valence-electron chi connectivity index (χ2n) is 4.47. The Kier molecular flexibility index (Phi) is 4.33. The highest BCUT2D eigenvalue weighted by molar-refractivity contribution is 5.22. The van der Waals surface area contributed by atoms with E-state index in [9.17, 15) is 0 Å². The molecule has 0 aliphatic rings. The molecular weight excluding hydrogens is 186 g/mol. The van der Waals surface area contributed by atoms with Crippen molar-refractivity contribution < 1.29 is 0 Å². The van der Waals surface area contributed by atoms with Crippen LogP contribution in [0.4, 0.5) is 0 Å². The standard InChI is InChI=1S/C12H23N3/c1-6-15-12(7-9(2)3)11(8-14-15)10(4)13-5/h8-10,13H,6-7H2,1-5H3. The van der Waals surface area contributed by atoms with Crippen molar-refractivity contribution >= 4 is 0 Å². The van der Waals surface area contributed by atoms with Crippen LogP contribution in [0.5, 0.6) is 0 Å². The van der Waals surface area contributed by atoms with Crippen molar-refractivity contribution in [3.05, 3.63) is 17.5 Å². The van der Waals surface area contributed by atoms with E-state index >= 15 is 0 Å². The Morgan fingerprint density at radius 2 is 2.07 bits per heavy atom. The second kappa shape index (κ2) is 5.31. The van der Waals surface area contributed by atoms with E-state index in [1.165, 1.54) is 11.3 Å². The maximum absolute atomic E-state index is 4.43. The monoisotopic (exact) mass is 209 g/mol. The van der Waals surface area contributed by atoms with Gasteiger partial charge in [-0.2, -0.15) is 5.10 Å². The maximum Gasteiger partial charge on any atom is 0.0540 e. The van der Waals surface area contributed by atoms with Crippen LogP contribution in [-0.2, 0) is 13.0 Å². The summed E-state index contributed by atoms with van der Waals surface area (Å²) in [4.78, 5) is 0. The van der Waals surface area contributed by atoms with E-state index in [1.54, 1.807) is 0 Å². The van der Waals surface area contributed by atoms with Gasteiger partial charge in [0.05, 0.1) is 6.20 Å². The van der Waals surface area contributed by atoms with E-state index in [-0.39, 0.29) is 0 Å². The Labute approximate surface area is 92.9 Å². The van der Waals surface area contributed by atoms with Crippen LogP contribution >= 0.6 is 0 Å². The van der Waals surface area contributed by atoms with Gasteiger partial charge in [0.1, 0.15) is 0 Å². The van der Waals surface area contributed by atoms with Gasteiger partial charge in [-0.3, -0.25) is 4.68 Å². The molecule has 1 atom stereocenters. The SMILES string of the molecule is CCn1ncc(C(C)NC)c1CC(C)C. The van der Waals surface area contributed by atoms with E-state index in [0.29, 0.717) is 12.0 Å². The van der Waals surface area contributed by atoms with Crippen molar-refractivity contribution in [2.75, 3.05) is 7.05 Å². The molecule has 1 heterocycles. The lowest BCUT2D eigenvalue weighted by Gasteiger charge is -2.14. The van der Waals surface area contributed by atoms with E-state index in [0.717, 1.165) is 13.0 Å². The van der Waals surface area contributed by atoms with Crippen molar-refractivity contribution in [1.82, 2.24) is 15.1 Å². The zero-order chi connectivity index (χ0) is 11.4. The molecule has 0 aromatic carbocycles. The lowest BCUT2D eigenvalue weighted by atomic mass is 10.0. The smallest absolute Gasteiger partial charge is 0.0540 e. The summed E-state index contributed by atoms with van der Waals surface area (Å²) in [5.41, 5.74) is 2.72. The quantitative estimate of drug-likeness (QED) is 0.807. The summed E-state index contributed by atoms with van der Waals surface area (Å²) in [6.45, 7) is 9.78. The van der Waals surface area contributed by atoms with Gasteiger partial charge in [-0.15, -0.1) is 0 Å². The van der Waals surface area contributed by atoms with Gasteiger partial charge < -0.3 is 5.32 Å².